The van der Waals surface area contributed by atoms with E-state index < -0.39 is 0 Å². The molecule has 0 saturated heterocycles. The lowest BCUT2D eigenvalue weighted by Crippen LogP contribution is -2.11. The molecule has 0 spiro atoms. The van der Waals surface area contributed by atoms with Gasteiger partial charge in [0.25, 0.3) is 0 Å². The van der Waals surface area contributed by atoms with E-state index in [4.69, 9.17) is 0 Å². The van der Waals surface area contributed by atoms with Gasteiger partial charge in [0.1, 0.15) is 5.82 Å². The zero-order chi connectivity index (χ0) is 10.6. The fourth-order valence-corrected chi connectivity index (χ4v) is 1.08. The van der Waals surface area contributed by atoms with E-state index in [1.807, 2.05) is 0 Å². The van der Waals surface area contributed by atoms with Crippen LogP contribution in [0.2, 0.25) is 0 Å². The molecule has 1 aromatic carbocycles. The van der Waals surface area contributed by atoms with E-state index in [2.05, 4.69) is 10.6 Å². The Balaban J connectivity index is 2.93. The number of carbonyl (C=O) groups excluding carboxylic acids is 1. The topological polar surface area (TPSA) is 41.1 Å². The first-order valence-corrected chi connectivity index (χ1v) is 4.44. The first-order chi connectivity index (χ1) is 6.67. The highest BCUT2D eigenvalue weighted by molar-refractivity contribution is 5.93. The third-order valence-electron chi connectivity index (χ3n) is 1.85. The molecule has 0 aliphatic carbocycles. The Morgan fingerprint density at radius 1 is 1.43 bits per heavy atom. The van der Waals surface area contributed by atoms with Gasteiger partial charge in [0, 0.05) is 13.5 Å². The molecule has 0 atom stereocenters. The fourth-order valence-electron chi connectivity index (χ4n) is 1.08. The predicted octanol–water partition coefficient (Wildman–Crippen LogP) is 2.22. The van der Waals surface area contributed by atoms with Crippen LogP contribution in [-0.4, -0.2) is 13.0 Å². The highest BCUT2D eigenvalue weighted by atomic mass is 19.1. The monoisotopic (exact) mass is 196 g/mol. The van der Waals surface area contributed by atoms with Crippen LogP contribution in [0.4, 0.5) is 15.8 Å². The Bertz CT molecular complexity index is 339. The Labute approximate surface area is 82.3 Å². The summed E-state index contributed by atoms with van der Waals surface area (Å²) in [5.74, 6) is -0.498. The van der Waals surface area contributed by atoms with Crippen LogP contribution in [0.5, 0.6) is 0 Å². The van der Waals surface area contributed by atoms with Gasteiger partial charge in [0.2, 0.25) is 5.91 Å². The van der Waals surface area contributed by atoms with Crippen LogP contribution >= 0.6 is 0 Å². The van der Waals surface area contributed by atoms with Gasteiger partial charge >= 0.3 is 0 Å². The molecule has 0 saturated carbocycles. The second kappa shape index (κ2) is 4.60. The Morgan fingerprint density at radius 2 is 2.14 bits per heavy atom. The molecule has 0 aromatic heterocycles. The van der Waals surface area contributed by atoms with E-state index in [1.165, 1.54) is 12.1 Å². The second-order valence-corrected chi connectivity index (χ2v) is 2.84. The maximum atomic E-state index is 12.9. The molecule has 0 unspecified atom stereocenters. The van der Waals surface area contributed by atoms with Crippen molar-refractivity contribution in [1.82, 2.24) is 0 Å². The van der Waals surface area contributed by atoms with Crippen molar-refractivity contribution in [2.45, 2.75) is 13.3 Å². The van der Waals surface area contributed by atoms with Gasteiger partial charge in [-0.3, -0.25) is 4.79 Å². The van der Waals surface area contributed by atoms with Crippen LogP contribution in [0, 0.1) is 5.82 Å². The number of halogens is 1. The highest BCUT2D eigenvalue weighted by Gasteiger charge is 2.05. The van der Waals surface area contributed by atoms with Gasteiger partial charge in [-0.05, 0) is 18.2 Å². The number of carbonyl (C=O) groups is 1. The smallest absolute Gasteiger partial charge is 0.224 e. The summed E-state index contributed by atoms with van der Waals surface area (Å²) < 4.78 is 12.9. The van der Waals surface area contributed by atoms with Gasteiger partial charge < -0.3 is 10.6 Å². The van der Waals surface area contributed by atoms with Gasteiger partial charge in [0.05, 0.1) is 11.4 Å². The van der Waals surface area contributed by atoms with Gasteiger partial charge in [-0.15, -0.1) is 0 Å². The highest BCUT2D eigenvalue weighted by Crippen LogP contribution is 2.22. The number of anilines is 2. The molecule has 3 nitrogen and oxygen atoms in total. The van der Waals surface area contributed by atoms with Crippen molar-refractivity contribution < 1.29 is 9.18 Å². The first-order valence-electron chi connectivity index (χ1n) is 4.44. The van der Waals surface area contributed by atoms with Crippen molar-refractivity contribution in [3.05, 3.63) is 24.0 Å². The number of rotatable bonds is 3. The summed E-state index contributed by atoms with van der Waals surface area (Å²) in [6.45, 7) is 1.74. The molecule has 1 amide bonds. The molecule has 0 fully saturated rings. The molecule has 0 aliphatic heterocycles. The molecule has 14 heavy (non-hydrogen) atoms. The number of hydrogen-bond acceptors (Lipinski definition) is 2. The summed E-state index contributed by atoms with van der Waals surface area (Å²) in [5, 5.41) is 5.48. The predicted molar refractivity (Wildman–Crippen MR) is 54.9 cm³/mol. The number of nitrogens with one attached hydrogen (secondary N) is 2. The van der Waals surface area contributed by atoms with Gasteiger partial charge in [-0.1, -0.05) is 6.92 Å². The van der Waals surface area contributed by atoms with Gasteiger partial charge in [-0.25, -0.2) is 4.39 Å². The zero-order valence-electron chi connectivity index (χ0n) is 8.23. The van der Waals surface area contributed by atoms with E-state index in [0.717, 1.165) is 0 Å². The van der Waals surface area contributed by atoms with E-state index in [0.29, 0.717) is 17.8 Å². The van der Waals surface area contributed by atoms with Crippen LogP contribution in [0.3, 0.4) is 0 Å². The van der Waals surface area contributed by atoms with Crippen molar-refractivity contribution >= 4 is 17.3 Å². The van der Waals surface area contributed by atoms with Crippen LogP contribution in [-0.2, 0) is 4.79 Å². The van der Waals surface area contributed by atoms with E-state index in [-0.39, 0.29) is 11.7 Å². The third kappa shape index (κ3) is 2.45. The lowest BCUT2D eigenvalue weighted by Gasteiger charge is -2.09. The molecule has 0 heterocycles. The quantitative estimate of drug-likeness (QED) is 0.778. The van der Waals surface area contributed by atoms with E-state index >= 15 is 0 Å². The van der Waals surface area contributed by atoms with Crippen LogP contribution in [0.1, 0.15) is 13.3 Å². The normalized spacial score (nSPS) is 9.64. The molecule has 1 rings (SSSR count). The van der Waals surface area contributed by atoms with Gasteiger partial charge in [0.15, 0.2) is 0 Å². The molecule has 4 heteroatoms. The largest absolute Gasteiger partial charge is 0.386 e. The summed E-state index contributed by atoms with van der Waals surface area (Å²) in [4.78, 5) is 11.1. The number of amides is 1. The average molecular weight is 196 g/mol. The van der Waals surface area contributed by atoms with E-state index in [1.54, 1.807) is 20.0 Å². The molecular weight excluding hydrogens is 183 g/mol. The minimum Gasteiger partial charge on any atom is -0.386 e. The van der Waals surface area contributed by atoms with Crippen molar-refractivity contribution in [2.75, 3.05) is 17.7 Å². The summed E-state index contributed by atoms with van der Waals surface area (Å²) in [6, 6.07) is 4.22. The Morgan fingerprint density at radius 3 is 2.71 bits per heavy atom. The molecular formula is C10H13FN2O. The van der Waals surface area contributed by atoms with Crippen molar-refractivity contribution in [2.24, 2.45) is 0 Å². The molecule has 0 bridgehead atoms. The lowest BCUT2D eigenvalue weighted by molar-refractivity contribution is -0.115. The number of benzene rings is 1. The number of hydrogen-bond donors (Lipinski definition) is 2. The fraction of sp³-hybridized carbons (Fsp3) is 0.300. The van der Waals surface area contributed by atoms with Gasteiger partial charge in [-0.2, -0.15) is 0 Å². The third-order valence-corrected chi connectivity index (χ3v) is 1.85. The Hall–Kier alpha value is -1.58. The second-order valence-electron chi connectivity index (χ2n) is 2.84. The molecule has 0 aliphatic rings. The standard InChI is InChI=1S/C10H13FN2O/c1-3-10(14)13-9-6-7(11)4-5-8(9)12-2/h4-6,12H,3H2,1-2H3,(H,13,14). The van der Waals surface area contributed by atoms with Crippen LogP contribution in [0.25, 0.3) is 0 Å². The van der Waals surface area contributed by atoms with Crippen molar-refractivity contribution in [3.8, 4) is 0 Å². The lowest BCUT2D eigenvalue weighted by atomic mass is 10.2. The summed E-state index contributed by atoms with van der Waals surface area (Å²) in [6.07, 6.45) is 0.375. The summed E-state index contributed by atoms with van der Waals surface area (Å²) in [5.41, 5.74) is 1.17. The molecule has 1 aromatic rings. The maximum Gasteiger partial charge on any atom is 0.224 e. The van der Waals surface area contributed by atoms with Crippen LogP contribution in [0.15, 0.2) is 18.2 Å². The Kier molecular flexibility index (Phi) is 3.45. The minimum atomic E-state index is -0.365. The minimum absolute atomic E-state index is 0.132. The van der Waals surface area contributed by atoms with Crippen LogP contribution < -0.4 is 10.6 Å². The molecule has 0 radical (unpaired) electrons. The van der Waals surface area contributed by atoms with E-state index in [9.17, 15) is 9.18 Å². The van der Waals surface area contributed by atoms with Crippen molar-refractivity contribution in [1.29, 1.82) is 0 Å². The average Bonchev–Trinajstić information content (AvgIpc) is 2.18. The maximum absolute atomic E-state index is 12.9. The summed E-state index contributed by atoms with van der Waals surface area (Å²) >= 11 is 0. The molecule has 76 valence electrons. The SMILES string of the molecule is CCC(=O)Nc1cc(F)ccc1NC. The summed E-state index contributed by atoms with van der Waals surface area (Å²) in [7, 11) is 1.72. The zero-order valence-corrected chi connectivity index (χ0v) is 8.23. The van der Waals surface area contributed by atoms with Crippen molar-refractivity contribution in [3.63, 3.8) is 0 Å². The molecule has 2 N–H and O–H groups in total. The first kappa shape index (κ1) is 10.5.